The van der Waals surface area contributed by atoms with E-state index in [0.717, 1.165) is 5.56 Å². The predicted octanol–water partition coefficient (Wildman–Crippen LogP) is 1.78. The third-order valence-electron chi connectivity index (χ3n) is 6.86. The van der Waals surface area contributed by atoms with Crippen molar-refractivity contribution in [2.24, 2.45) is 0 Å². The molecule has 0 amide bonds. The Hall–Kier alpha value is -3.60. The lowest BCUT2D eigenvalue weighted by molar-refractivity contribution is -0.0808. The maximum Gasteiger partial charge on any atom is 0.509 e. The number of carbonyl (C=O) groups excluding carboxylic acids is 1. The summed E-state index contributed by atoms with van der Waals surface area (Å²) in [5, 5.41) is 14.4. The molecule has 6 heterocycles. The number of aromatic nitrogens is 4. The van der Waals surface area contributed by atoms with Crippen LogP contribution in [0.3, 0.4) is 0 Å². The molecule has 1 spiro atoms. The molecule has 3 aromatic heterocycles. The Morgan fingerprint density at radius 1 is 1.28 bits per heavy atom. The van der Waals surface area contributed by atoms with Crippen LogP contribution in [0, 0.1) is 11.3 Å². The number of fused-ring (bicyclic) bond motifs is 1. The average molecular weight is 512 g/mol. The van der Waals surface area contributed by atoms with Crippen molar-refractivity contribution in [3.05, 3.63) is 54.2 Å². The number of carbonyl (C=O) groups is 1. The number of hydrogen-bond acceptors (Lipinski definition) is 13. The molecule has 2 N–H and O–H groups in total. The molecule has 4 fully saturated rings. The van der Waals surface area contributed by atoms with Crippen LogP contribution in [0.15, 0.2) is 43.0 Å². The molecule has 7 atom stereocenters. The number of nitrogens with two attached hydrogens (primary N) is 1. The average Bonchev–Trinajstić information content (AvgIpc) is 3.26. The summed E-state index contributed by atoms with van der Waals surface area (Å²) in [7, 11) is -4.09. The van der Waals surface area contributed by atoms with Gasteiger partial charge in [0.05, 0.1) is 18.4 Å². The molecule has 0 radical (unpaired) electrons. The van der Waals surface area contributed by atoms with Gasteiger partial charge >= 0.3 is 14.0 Å². The van der Waals surface area contributed by atoms with Gasteiger partial charge in [-0.3, -0.25) is 18.6 Å². The van der Waals surface area contributed by atoms with E-state index in [1.807, 2.05) is 0 Å². The molecule has 15 heteroatoms. The molecule has 1 saturated carbocycles. The number of ether oxygens (including phenoxy) is 3. The molecule has 14 nitrogen and oxygen atoms in total. The third kappa shape index (κ3) is 2.77. The van der Waals surface area contributed by atoms with Gasteiger partial charge in [0, 0.05) is 18.8 Å². The van der Waals surface area contributed by atoms with E-state index in [1.165, 1.54) is 10.8 Å². The fraction of sp³-hybridized carbons (Fsp3) is 0.381. The Bertz CT molecular complexity index is 1490. The molecule has 3 aliphatic heterocycles. The lowest BCUT2D eigenvalue weighted by atomic mass is 9.90. The summed E-state index contributed by atoms with van der Waals surface area (Å²) in [4.78, 5) is 20.2. The van der Waals surface area contributed by atoms with Crippen molar-refractivity contribution in [3.63, 3.8) is 0 Å². The molecule has 3 aromatic rings. The first-order chi connectivity index (χ1) is 17.4. The zero-order valence-electron chi connectivity index (χ0n) is 18.3. The summed E-state index contributed by atoms with van der Waals surface area (Å²) in [5.74, 6) is 0.191. The number of nitriles is 1. The van der Waals surface area contributed by atoms with Gasteiger partial charge in [0.25, 0.3) is 0 Å². The molecular weight excluding hydrogens is 495 g/mol. The Kier molecular flexibility index (Phi) is 4.34. The van der Waals surface area contributed by atoms with Gasteiger partial charge in [-0.05, 0) is 29.8 Å². The van der Waals surface area contributed by atoms with E-state index in [1.54, 1.807) is 36.7 Å². The molecule has 36 heavy (non-hydrogen) atoms. The van der Waals surface area contributed by atoms with E-state index >= 15 is 0 Å². The number of phosphoric ester groups is 1. The van der Waals surface area contributed by atoms with Gasteiger partial charge in [-0.2, -0.15) is 10.4 Å². The smallest absolute Gasteiger partial charge is 0.422 e. The Labute approximate surface area is 202 Å². The number of anilines is 1. The summed E-state index contributed by atoms with van der Waals surface area (Å²) in [6, 6.07) is 8.80. The zero-order chi connectivity index (χ0) is 24.7. The van der Waals surface area contributed by atoms with Gasteiger partial charge in [-0.1, -0.05) is 0 Å². The standard InChI is InChI=1S/C21H17N6O8P/c22-9-20(14-2-1-12-17(23)25-10-26-27(12)14)18-21(33-19(28)31-18)15(32-20)16(21)35-36(29)30-8-5-13(34-36)11-3-6-24-7-4-11/h1-4,6-7,10,13,15-16,18H,5,8H2,(H2,23,25,26)/t13-,15+,16?,18-,20-,21-,36-/m0/s1. The first-order valence-corrected chi connectivity index (χ1v) is 12.4. The van der Waals surface area contributed by atoms with Gasteiger partial charge < -0.3 is 19.9 Å². The van der Waals surface area contributed by atoms with Crippen LogP contribution in [-0.2, 0) is 37.9 Å². The van der Waals surface area contributed by atoms with Crippen molar-refractivity contribution in [2.45, 2.75) is 42.0 Å². The number of rotatable bonds is 4. The number of phosphoric acid groups is 1. The van der Waals surface area contributed by atoms with E-state index in [0.29, 0.717) is 11.9 Å². The number of nitrogens with zero attached hydrogens (tertiary/aromatic N) is 5. The second-order valence-corrected chi connectivity index (χ2v) is 10.3. The van der Waals surface area contributed by atoms with Crippen molar-refractivity contribution in [1.29, 1.82) is 5.26 Å². The Morgan fingerprint density at radius 3 is 2.92 bits per heavy atom. The fourth-order valence-corrected chi connectivity index (χ4v) is 6.78. The second kappa shape index (κ2) is 7.22. The molecule has 0 aromatic carbocycles. The third-order valence-corrected chi connectivity index (χ3v) is 8.35. The van der Waals surface area contributed by atoms with Crippen LogP contribution in [0.25, 0.3) is 5.52 Å². The minimum absolute atomic E-state index is 0.120. The largest absolute Gasteiger partial charge is 0.509 e. The topological polar surface area (TPSA) is 182 Å². The summed E-state index contributed by atoms with van der Waals surface area (Å²) in [5.41, 5.74) is 4.06. The van der Waals surface area contributed by atoms with E-state index < -0.39 is 49.6 Å². The van der Waals surface area contributed by atoms with Gasteiger partial charge in [0.15, 0.2) is 11.9 Å². The molecule has 0 bridgehead atoms. The monoisotopic (exact) mass is 512 g/mol. The van der Waals surface area contributed by atoms with Crippen LogP contribution >= 0.6 is 7.82 Å². The maximum atomic E-state index is 13.4. The summed E-state index contributed by atoms with van der Waals surface area (Å²) in [6.45, 7) is 0.120. The minimum atomic E-state index is -4.09. The normalized spacial score (nSPS) is 38.6. The molecule has 1 unspecified atom stereocenters. The van der Waals surface area contributed by atoms with Crippen LogP contribution in [0.1, 0.15) is 23.8 Å². The summed E-state index contributed by atoms with van der Waals surface area (Å²) < 4.78 is 48.7. The van der Waals surface area contributed by atoms with Gasteiger partial charge in [0.1, 0.15) is 30.1 Å². The molecule has 4 aliphatic rings. The Balaban J connectivity index is 1.20. The van der Waals surface area contributed by atoms with E-state index in [-0.39, 0.29) is 18.1 Å². The first-order valence-electron chi connectivity index (χ1n) is 11.0. The molecule has 1 aliphatic carbocycles. The molecule has 3 saturated heterocycles. The highest BCUT2D eigenvalue weighted by Crippen LogP contribution is 2.70. The van der Waals surface area contributed by atoms with Crippen molar-refractivity contribution in [3.8, 4) is 6.07 Å². The maximum absolute atomic E-state index is 13.4. The van der Waals surface area contributed by atoms with E-state index in [9.17, 15) is 14.6 Å². The Morgan fingerprint density at radius 2 is 2.11 bits per heavy atom. The second-order valence-electron chi connectivity index (χ2n) is 8.72. The van der Waals surface area contributed by atoms with Crippen LogP contribution < -0.4 is 5.73 Å². The zero-order valence-corrected chi connectivity index (χ0v) is 19.2. The summed E-state index contributed by atoms with van der Waals surface area (Å²) >= 11 is 0. The van der Waals surface area contributed by atoms with Gasteiger partial charge in [-0.15, -0.1) is 0 Å². The highest BCUT2D eigenvalue weighted by atomic mass is 31.2. The number of hydrogen-bond donors (Lipinski definition) is 1. The van der Waals surface area contributed by atoms with Crippen molar-refractivity contribution >= 4 is 25.3 Å². The fourth-order valence-electron chi connectivity index (χ4n) is 5.18. The van der Waals surface area contributed by atoms with Crippen molar-refractivity contribution < 1.29 is 37.1 Å². The van der Waals surface area contributed by atoms with Crippen LogP contribution in [0.2, 0.25) is 0 Å². The minimum Gasteiger partial charge on any atom is -0.422 e. The van der Waals surface area contributed by atoms with E-state index in [2.05, 4.69) is 21.1 Å². The predicted molar refractivity (Wildman–Crippen MR) is 115 cm³/mol. The first kappa shape index (κ1) is 21.7. The molecule has 184 valence electrons. The van der Waals surface area contributed by atoms with Crippen LogP contribution in [-0.4, -0.2) is 56.3 Å². The van der Waals surface area contributed by atoms with Crippen molar-refractivity contribution in [1.82, 2.24) is 19.6 Å². The number of nitrogen functional groups attached to an aromatic ring is 1. The van der Waals surface area contributed by atoms with Crippen LogP contribution in [0.5, 0.6) is 0 Å². The molecule has 7 rings (SSSR count). The van der Waals surface area contributed by atoms with Gasteiger partial charge in [-0.25, -0.2) is 18.9 Å². The van der Waals surface area contributed by atoms with E-state index in [4.69, 9.17) is 33.5 Å². The van der Waals surface area contributed by atoms with Gasteiger partial charge in [0.2, 0.25) is 11.2 Å². The quantitative estimate of drug-likeness (QED) is 0.395. The SMILES string of the molecule is N#C[C@@]1(c2ccc3c(N)ncnn23)O[C@@H]2C(O[P@@]3(=O)OCC[C@@H](c4ccncc4)O3)[C@@]23OC(=O)O[C@H]31. The summed E-state index contributed by atoms with van der Waals surface area (Å²) in [6.07, 6.45) is 0.0592. The highest BCUT2D eigenvalue weighted by molar-refractivity contribution is 7.48. The lowest BCUT2D eigenvalue weighted by Crippen LogP contribution is -2.46. The number of pyridine rings is 1. The van der Waals surface area contributed by atoms with Crippen LogP contribution in [0.4, 0.5) is 10.6 Å². The highest BCUT2D eigenvalue weighted by Gasteiger charge is 2.91. The van der Waals surface area contributed by atoms with Crippen molar-refractivity contribution in [2.75, 3.05) is 12.3 Å². The molecular formula is C21H17N6O8P. The lowest BCUT2D eigenvalue weighted by Gasteiger charge is -2.31.